The van der Waals surface area contributed by atoms with Crippen LogP contribution >= 0.6 is 0 Å². The summed E-state index contributed by atoms with van der Waals surface area (Å²) in [4.78, 5) is 10.8. The average molecular weight is 143 g/mol. The van der Waals surface area contributed by atoms with Crippen molar-refractivity contribution < 1.29 is 9.53 Å². The SMILES string of the molecule is CCOC(=O)/C(=C\N)CC. The molecule has 0 heterocycles. The van der Waals surface area contributed by atoms with Crippen LogP contribution in [0, 0.1) is 0 Å². The topological polar surface area (TPSA) is 52.3 Å². The molecule has 0 aromatic rings. The van der Waals surface area contributed by atoms with Crippen molar-refractivity contribution in [2.24, 2.45) is 5.73 Å². The first-order chi connectivity index (χ1) is 4.76. The molecule has 0 fully saturated rings. The molecule has 0 aliphatic carbocycles. The Labute approximate surface area is 60.9 Å². The zero-order chi connectivity index (χ0) is 7.98. The normalized spacial score (nSPS) is 11.2. The molecule has 0 unspecified atom stereocenters. The quantitative estimate of drug-likeness (QED) is 0.469. The third-order valence-electron chi connectivity index (χ3n) is 1.12. The minimum absolute atomic E-state index is 0.312. The minimum atomic E-state index is -0.312. The van der Waals surface area contributed by atoms with Gasteiger partial charge in [0.2, 0.25) is 0 Å². The summed E-state index contributed by atoms with van der Waals surface area (Å²) in [5.74, 6) is -0.312. The van der Waals surface area contributed by atoms with Crippen molar-refractivity contribution in [2.75, 3.05) is 6.61 Å². The van der Waals surface area contributed by atoms with Gasteiger partial charge in [-0.2, -0.15) is 0 Å². The molecule has 0 atom stereocenters. The number of hydrogen-bond donors (Lipinski definition) is 1. The molecule has 10 heavy (non-hydrogen) atoms. The van der Waals surface area contributed by atoms with E-state index in [4.69, 9.17) is 10.5 Å². The van der Waals surface area contributed by atoms with E-state index in [1.54, 1.807) is 6.92 Å². The van der Waals surface area contributed by atoms with Gasteiger partial charge in [0.1, 0.15) is 0 Å². The van der Waals surface area contributed by atoms with Gasteiger partial charge in [-0.15, -0.1) is 0 Å². The Bertz CT molecular complexity index is 141. The summed E-state index contributed by atoms with van der Waals surface area (Å²) in [5.41, 5.74) is 5.68. The first kappa shape index (κ1) is 9.01. The maximum atomic E-state index is 10.8. The van der Waals surface area contributed by atoms with E-state index >= 15 is 0 Å². The summed E-state index contributed by atoms with van der Waals surface area (Å²) < 4.78 is 4.70. The van der Waals surface area contributed by atoms with Gasteiger partial charge in [0, 0.05) is 6.20 Å². The first-order valence-corrected chi connectivity index (χ1v) is 3.34. The molecule has 0 aliphatic heterocycles. The van der Waals surface area contributed by atoms with Crippen molar-refractivity contribution in [1.82, 2.24) is 0 Å². The number of rotatable bonds is 3. The lowest BCUT2D eigenvalue weighted by Crippen LogP contribution is -2.08. The molecule has 0 rings (SSSR count). The second-order valence-electron chi connectivity index (χ2n) is 1.77. The Kier molecular flexibility index (Phi) is 4.37. The average Bonchev–Trinajstić information content (AvgIpc) is 1.91. The van der Waals surface area contributed by atoms with Crippen LogP contribution in [-0.4, -0.2) is 12.6 Å². The number of nitrogens with two attached hydrogens (primary N) is 1. The predicted octanol–water partition coefficient (Wildman–Crippen LogP) is 0.802. The Balaban J connectivity index is 3.91. The summed E-state index contributed by atoms with van der Waals surface area (Å²) in [6, 6.07) is 0. The zero-order valence-electron chi connectivity index (χ0n) is 6.39. The molecule has 0 aromatic carbocycles. The van der Waals surface area contributed by atoms with Crippen LogP contribution in [-0.2, 0) is 9.53 Å². The van der Waals surface area contributed by atoms with E-state index in [1.165, 1.54) is 6.20 Å². The van der Waals surface area contributed by atoms with E-state index in [-0.39, 0.29) is 5.97 Å². The van der Waals surface area contributed by atoms with Crippen LogP contribution in [0.1, 0.15) is 20.3 Å². The highest BCUT2D eigenvalue weighted by atomic mass is 16.5. The fourth-order valence-corrected chi connectivity index (χ4v) is 0.554. The van der Waals surface area contributed by atoms with Crippen molar-refractivity contribution in [3.63, 3.8) is 0 Å². The van der Waals surface area contributed by atoms with E-state index in [0.29, 0.717) is 18.6 Å². The maximum Gasteiger partial charge on any atom is 0.335 e. The van der Waals surface area contributed by atoms with Crippen LogP contribution in [0.25, 0.3) is 0 Å². The molecule has 0 saturated heterocycles. The van der Waals surface area contributed by atoms with E-state index in [0.717, 1.165) is 0 Å². The Morgan fingerprint density at radius 3 is 2.50 bits per heavy atom. The highest BCUT2D eigenvalue weighted by Crippen LogP contribution is 2.00. The van der Waals surface area contributed by atoms with Gasteiger partial charge in [-0.05, 0) is 13.3 Å². The Morgan fingerprint density at radius 2 is 2.20 bits per heavy atom. The molecule has 0 saturated carbocycles. The van der Waals surface area contributed by atoms with Crippen molar-refractivity contribution in [1.29, 1.82) is 0 Å². The van der Waals surface area contributed by atoms with Gasteiger partial charge in [0.15, 0.2) is 0 Å². The molecule has 3 nitrogen and oxygen atoms in total. The fraction of sp³-hybridized carbons (Fsp3) is 0.571. The third kappa shape index (κ3) is 2.53. The van der Waals surface area contributed by atoms with Crippen molar-refractivity contribution in [3.05, 3.63) is 11.8 Å². The summed E-state index contributed by atoms with van der Waals surface area (Å²) in [5, 5.41) is 0. The van der Waals surface area contributed by atoms with Gasteiger partial charge >= 0.3 is 5.97 Å². The van der Waals surface area contributed by atoms with E-state index in [9.17, 15) is 4.79 Å². The molecular formula is C7H13NO2. The molecule has 3 heteroatoms. The van der Waals surface area contributed by atoms with E-state index < -0.39 is 0 Å². The minimum Gasteiger partial charge on any atom is -0.463 e. The lowest BCUT2D eigenvalue weighted by Gasteiger charge is -2.01. The molecule has 0 aliphatic rings. The number of ether oxygens (including phenoxy) is 1. The summed E-state index contributed by atoms with van der Waals surface area (Å²) in [6.45, 7) is 4.02. The van der Waals surface area contributed by atoms with E-state index in [1.807, 2.05) is 6.92 Å². The molecular weight excluding hydrogens is 130 g/mol. The van der Waals surface area contributed by atoms with Gasteiger partial charge in [-0.3, -0.25) is 0 Å². The molecule has 0 amide bonds. The summed E-state index contributed by atoms with van der Waals surface area (Å²) in [6.07, 6.45) is 1.91. The number of hydrogen-bond acceptors (Lipinski definition) is 3. The molecule has 0 spiro atoms. The van der Waals surface area contributed by atoms with Crippen LogP contribution in [0.2, 0.25) is 0 Å². The molecule has 0 aromatic heterocycles. The lowest BCUT2D eigenvalue weighted by molar-refractivity contribution is -0.138. The van der Waals surface area contributed by atoms with Crippen molar-refractivity contribution in [2.45, 2.75) is 20.3 Å². The zero-order valence-corrected chi connectivity index (χ0v) is 6.39. The van der Waals surface area contributed by atoms with Gasteiger partial charge < -0.3 is 10.5 Å². The van der Waals surface area contributed by atoms with Crippen molar-refractivity contribution >= 4 is 5.97 Å². The van der Waals surface area contributed by atoms with Crippen molar-refractivity contribution in [3.8, 4) is 0 Å². The third-order valence-corrected chi connectivity index (χ3v) is 1.12. The number of esters is 1. The second-order valence-corrected chi connectivity index (χ2v) is 1.77. The van der Waals surface area contributed by atoms with Crippen LogP contribution in [0.15, 0.2) is 11.8 Å². The molecule has 2 N–H and O–H groups in total. The standard InChI is InChI=1S/C7H13NO2/c1-3-6(5-8)7(9)10-4-2/h5H,3-4,8H2,1-2H3/b6-5-. The van der Waals surface area contributed by atoms with Crippen LogP contribution < -0.4 is 5.73 Å². The molecule has 0 radical (unpaired) electrons. The lowest BCUT2D eigenvalue weighted by atomic mass is 10.2. The Hall–Kier alpha value is -0.990. The van der Waals surface area contributed by atoms with Crippen LogP contribution in [0.5, 0.6) is 0 Å². The molecule has 58 valence electrons. The summed E-state index contributed by atoms with van der Waals surface area (Å²) in [7, 11) is 0. The highest BCUT2D eigenvalue weighted by Gasteiger charge is 2.05. The van der Waals surface area contributed by atoms with E-state index in [2.05, 4.69) is 0 Å². The van der Waals surface area contributed by atoms with Gasteiger partial charge in [-0.1, -0.05) is 6.92 Å². The predicted molar refractivity (Wildman–Crippen MR) is 39.2 cm³/mol. The smallest absolute Gasteiger partial charge is 0.335 e. The van der Waals surface area contributed by atoms with Crippen LogP contribution in [0.3, 0.4) is 0 Å². The fourth-order valence-electron chi connectivity index (χ4n) is 0.554. The second kappa shape index (κ2) is 4.85. The van der Waals surface area contributed by atoms with Gasteiger partial charge in [0.05, 0.1) is 12.2 Å². The molecule has 0 bridgehead atoms. The monoisotopic (exact) mass is 143 g/mol. The number of carbonyl (C=O) groups excluding carboxylic acids is 1. The first-order valence-electron chi connectivity index (χ1n) is 3.34. The summed E-state index contributed by atoms with van der Waals surface area (Å²) >= 11 is 0. The highest BCUT2D eigenvalue weighted by molar-refractivity contribution is 5.88. The van der Waals surface area contributed by atoms with Gasteiger partial charge in [0.25, 0.3) is 0 Å². The van der Waals surface area contributed by atoms with Crippen LogP contribution in [0.4, 0.5) is 0 Å². The maximum absolute atomic E-state index is 10.8. The largest absolute Gasteiger partial charge is 0.463 e. The Morgan fingerprint density at radius 1 is 1.60 bits per heavy atom. The number of carbonyl (C=O) groups is 1. The van der Waals surface area contributed by atoms with Gasteiger partial charge in [-0.25, -0.2) is 4.79 Å².